The zero-order valence-electron chi connectivity index (χ0n) is 12.7. The van der Waals surface area contributed by atoms with Gasteiger partial charge in [0.1, 0.15) is 6.54 Å². The Hall–Kier alpha value is -2.84. The molecule has 1 aliphatic rings. The molecule has 1 saturated heterocycles. The molecule has 0 spiro atoms. The number of nitrogens with zero attached hydrogens (tertiary/aromatic N) is 7. The number of hydrazone groups is 1. The summed E-state index contributed by atoms with van der Waals surface area (Å²) in [5.41, 5.74) is 3.08. The number of aromatic nitrogens is 5. The van der Waals surface area contributed by atoms with Crippen LogP contribution in [0.1, 0.15) is 25.0 Å². The van der Waals surface area contributed by atoms with E-state index in [1.165, 1.54) is 17.4 Å². The van der Waals surface area contributed by atoms with Gasteiger partial charge in [0.25, 0.3) is 11.9 Å². The van der Waals surface area contributed by atoms with Gasteiger partial charge in [-0.3, -0.25) is 9.78 Å². The van der Waals surface area contributed by atoms with Crippen molar-refractivity contribution in [2.24, 2.45) is 5.10 Å². The van der Waals surface area contributed by atoms with Crippen LogP contribution in [0.15, 0.2) is 29.5 Å². The number of amides is 1. The highest BCUT2D eigenvalue weighted by molar-refractivity contribution is 5.80. The summed E-state index contributed by atoms with van der Waals surface area (Å²) in [6.45, 7) is 1.85. The van der Waals surface area contributed by atoms with E-state index in [1.54, 1.807) is 12.3 Å². The molecule has 120 valence electrons. The second-order valence-electron chi connectivity index (χ2n) is 5.22. The van der Waals surface area contributed by atoms with Gasteiger partial charge in [-0.05, 0) is 36.6 Å². The maximum atomic E-state index is 11.8. The Bertz CT molecular complexity index is 662. The second kappa shape index (κ2) is 7.43. The molecule has 0 atom stereocenters. The third kappa shape index (κ3) is 4.31. The fourth-order valence-corrected chi connectivity index (χ4v) is 2.31. The minimum Gasteiger partial charge on any atom is -0.338 e. The number of anilines is 1. The zero-order valence-corrected chi connectivity index (χ0v) is 12.7. The highest BCUT2D eigenvalue weighted by atomic mass is 16.2. The van der Waals surface area contributed by atoms with Gasteiger partial charge in [-0.1, -0.05) is 11.2 Å². The first-order chi connectivity index (χ1) is 11.3. The molecule has 3 rings (SSSR count). The number of tetrazole rings is 1. The van der Waals surface area contributed by atoms with Crippen molar-refractivity contribution in [2.75, 3.05) is 18.0 Å². The van der Waals surface area contributed by atoms with Crippen LogP contribution in [-0.2, 0) is 11.3 Å². The van der Waals surface area contributed by atoms with E-state index < -0.39 is 0 Å². The van der Waals surface area contributed by atoms with Gasteiger partial charge in [-0.2, -0.15) is 9.90 Å². The predicted octanol–water partition coefficient (Wildman–Crippen LogP) is 0.209. The standard InChI is InChI=1S/C14H18N8O/c23-13(17-16-10-12-6-2-3-7-15-12)11-22-19-14(18-20-22)21-8-4-1-5-9-21/h2-3,6-7,10H,1,4-5,8-9,11H2,(H,17,23). The lowest BCUT2D eigenvalue weighted by Crippen LogP contribution is -2.30. The van der Waals surface area contributed by atoms with Gasteiger partial charge >= 0.3 is 0 Å². The summed E-state index contributed by atoms with van der Waals surface area (Å²) in [6, 6.07) is 5.45. The van der Waals surface area contributed by atoms with Gasteiger partial charge < -0.3 is 4.90 Å². The van der Waals surface area contributed by atoms with Crippen LogP contribution in [0.25, 0.3) is 0 Å². The second-order valence-corrected chi connectivity index (χ2v) is 5.22. The number of carbonyl (C=O) groups excluding carboxylic acids is 1. The molecule has 0 saturated carbocycles. The first-order valence-corrected chi connectivity index (χ1v) is 7.57. The summed E-state index contributed by atoms with van der Waals surface area (Å²) in [5, 5.41) is 16.0. The normalized spacial score (nSPS) is 15.0. The molecule has 1 aliphatic heterocycles. The van der Waals surface area contributed by atoms with Crippen LogP contribution in [0, 0.1) is 0 Å². The number of carbonyl (C=O) groups is 1. The van der Waals surface area contributed by atoms with Gasteiger partial charge in [0.05, 0.1) is 11.9 Å². The lowest BCUT2D eigenvalue weighted by molar-refractivity contribution is -0.122. The van der Waals surface area contributed by atoms with Crippen LogP contribution in [0.3, 0.4) is 0 Å². The Balaban J connectivity index is 1.50. The van der Waals surface area contributed by atoms with Crippen LogP contribution in [-0.4, -0.2) is 50.4 Å². The fraction of sp³-hybridized carbons (Fsp3) is 0.429. The highest BCUT2D eigenvalue weighted by Crippen LogP contribution is 2.13. The molecule has 3 heterocycles. The molecule has 1 fully saturated rings. The third-order valence-electron chi connectivity index (χ3n) is 3.44. The van der Waals surface area contributed by atoms with Crippen molar-refractivity contribution in [3.8, 4) is 0 Å². The van der Waals surface area contributed by atoms with Crippen LogP contribution in [0.5, 0.6) is 0 Å². The summed E-state index contributed by atoms with van der Waals surface area (Å²) in [7, 11) is 0. The van der Waals surface area contributed by atoms with Crippen molar-refractivity contribution in [2.45, 2.75) is 25.8 Å². The monoisotopic (exact) mass is 314 g/mol. The SMILES string of the molecule is O=C(Cn1nnc(N2CCCCC2)n1)NN=Cc1ccccn1. The predicted molar refractivity (Wildman–Crippen MR) is 83.9 cm³/mol. The van der Waals surface area contributed by atoms with Crippen LogP contribution >= 0.6 is 0 Å². The summed E-state index contributed by atoms with van der Waals surface area (Å²) < 4.78 is 0. The number of piperidine rings is 1. The lowest BCUT2D eigenvalue weighted by atomic mass is 10.1. The Kier molecular flexibility index (Phi) is 4.87. The molecular formula is C14H18N8O. The highest BCUT2D eigenvalue weighted by Gasteiger charge is 2.16. The van der Waals surface area contributed by atoms with E-state index in [-0.39, 0.29) is 12.5 Å². The zero-order chi connectivity index (χ0) is 15.9. The average Bonchev–Trinajstić information content (AvgIpc) is 3.05. The molecule has 0 radical (unpaired) electrons. The van der Waals surface area contributed by atoms with E-state index >= 15 is 0 Å². The topological polar surface area (TPSA) is 101 Å². The van der Waals surface area contributed by atoms with Gasteiger partial charge in [-0.15, -0.1) is 5.10 Å². The van der Waals surface area contributed by atoms with Gasteiger partial charge in [0.2, 0.25) is 0 Å². The summed E-state index contributed by atoms with van der Waals surface area (Å²) >= 11 is 0. The number of hydrogen-bond donors (Lipinski definition) is 1. The van der Waals surface area contributed by atoms with Crippen LogP contribution in [0.2, 0.25) is 0 Å². The number of hydrogen-bond acceptors (Lipinski definition) is 7. The van der Waals surface area contributed by atoms with Gasteiger partial charge in [0.15, 0.2) is 0 Å². The van der Waals surface area contributed by atoms with E-state index in [0.717, 1.165) is 25.9 Å². The van der Waals surface area contributed by atoms with Crippen molar-refractivity contribution in [3.63, 3.8) is 0 Å². The van der Waals surface area contributed by atoms with Crippen molar-refractivity contribution in [1.82, 2.24) is 30.6 Å². The molecule has 9 nitrogen and oxygen atoms in total. The van der Waals surface area contributed by atoms with E-state index in [2.05, 4.69) is 35.8 Å². The van der Waals surface area contributed by atoms with E-state index in [9.17, 15) is 4.79 Å². The Morgan fingerprint density at radius 3 is 2.96 bits per heavy atom. The summed E-state index contributed by atoms with van der Waals surface area (Å²) in [6.07, 6.45) is 6.65. The number of nitrogens with one attached hydrogen (secondary N) is 1. The van der Waals surface area contributed by atoms with E-state index in [1.807, 2.05) is 12.1 Å². The molecule has 0 bridgehead atoms. The molecule has 0 aromatic carbocycles. The molecule has 9 heteroatoms. The third-order valence-corrected chi connectivity index (χ3v) is 3.44. The fourth-order valence-electron chi connectivity index (χ4n) is 2.31. The lowest BCUT2D eigenvalue weighted by Gasteiger charge is -2.24. The van der Waals surface area contributed by atoms with Crippen molar-refractivity contribution >= 4 is 18.1 Å². The molecule has 1 N–H and O–H groups in total. The smallest absolute Gasteiger partial charge is 0.266 e. The largest absolute Gasteiger partial charge is 0.338 e. The molecule has 0 unspecified atom stereocenters. The maximum Gasteiger partial charge on any atom is 0.266 e. The first-order valence-electron chi connectivity index (χ1n) is 7.57. The molecular weight excluding hydrogens is 296 g/mol. The Morgan fingerprint density at radius 1 is 1.30 bits per heavy atom. The molecule has 23 heavy (non-hydrogen) atoms. The van der Waals surface area contributed by atoms with E-state index in [4.69, 9.17) is 0 Å². The van der Waals surface area contributed by atoms with Crippen LogP contribution in [0.4, 0.5) is 5.95 Å². The quantitative estimate of drug-likeness (QED) is 0.625. The van der Waals surface area contributed by atoms with Crippen LogP contribution < -0.4 is 10.3 Å². The minimum atomic E-state index is -0.320. The molecule has 0 aliphatic carbocycles. The minimum absolute atomic E-state index is 0.0274. The number of pyridine rings is 1. The Morgan fingerprint density at radius 2 is 2.17 bits per heavy atom. The molecule has 2 aromatic rings. The average molecular weight is 314 g/mol. The first kappa shape index (κ1) is 15.1. The Labute approximate surface area is 133 Å². The summed E-state index contributed by atoms with van der Waals surface area (Å²) in [4.78, 5) is 19.2. The van der Waals surface area contributed by atoms with E-state index in [0.29, 0.717) is 11.6 Å². The van der Waals surface area contributed by atoms with Crippen molar-refractivity contribution in [3.05, 3.63) is 30.1 Å². The van der Waals surface area contributed by atoms with Gasteiger partial charge in [-0.25, -0.2) is 5.43 Å². The summed E-state index contributed by atoms with van der Waals surface area (Å²) in [5.74, 6) is 0.259. The van der Waals surface area contributed by atoms with Crippen molar-refractivity contribution < 1.29 is 4.79 Å². The van der Waals surface area contributed by atoms with Crippen molar-refractivity contribution in [1.29, 1.82) is 0 Å². The maximum absolute atomic E-state index is 11.8. The number of rotatable bonds is 5. The van der Waals surface area contributed by atoms with Gasteiger partial charge in [0, 0.05) is 19.3 Å². The molecule has 1 amide bonds. The molecule has 2 aromatic heterocycles.